The molecular weight excluding hydrogens is 228 g/mol. The van der Waals surface area contributed by atoms with Crippen LogP contribution >= 0.6 is 0 Å². The first kappa shape index (κ1) is 14.8. The highest BCUT2D eigenvalue weighted by molar-refractivity contribution is 5.68. The number of carbonyl (C=O) groups is 1. The molecule has 0 heterocycles. The van der Waals surface area contributed by atoms with Crippen molar-refractivity contribution >= 4 is 6.09 Å². The third-order valence-corrected chi connectivity index (χ3v) is 3.21. The van der Waals surface area contributed by atoms with E-state index in [4.69, 9.17) is 10.00 Å². The zero-order valence-corrected chi connectivity index (χ0v) is 11.7. The van der Waals surface area contributed by atoms with Gasteiger partial charge in [-0.05, 0) is 58.8 Å². The lowest BCUT2D eigenvalue weighted by Crippen LogP contribution is -2.42. The minimum atomic E-state index is -0.317. The van der Waals surface area contributed by atoms with Gasteiger partial charge in [0.1, 0.15) is 6.10 Å². The summed E-state index contributed by atoms with van der Waals surface area (Å²) in [5.41, 5.74) is -0.249. The van der Waals surface area contributed by atoms with Gasteiger partial charge in [-0.3, -0.25) is 0 Å². The van der Waals surface area contributed by atoms with Gasteiger partial charge < -0.3 is 10.1 Å². The molecule has 1 N–H and O–H groups in total. The Bertz CT molecular complexity index is 307. The normalized spacial score (nSPS) is 24.1. The summed E-state index contributed by atoms with van der Waals surface area (Å²) in [6, 6.07) is 2.19. The standard InChI is InChI=1S/C14H24N2O2/c1-14(2,3)16-13(17)18-12-8-6-11(7-9-12)5-4-10-15/h11-12H,4-9H2,1-3H3,(H,16,17). The molecule has 1 aliphatic rings. The van der Waals surface area contributed by atoms with Crippen molar-refractivity contribution in [3.05, 3.63) is 0 Å². The summed E-state index contributed by atoms with van der Waals surface area (Å²) in [5, 5.41) is 11.4. The number of amides is 1. The zero-order valence-electron chi connectivity index (χ0n) is 11.7. The summed E-state index contributed by atoms with van der Waals surface area (Å²) in [6.07, 6.45) is 5.33. The maximum atomic E-state index is 11.6. The van der Waals surface area contributed by atoms with Gasteiger partial charge in [-0.1, -0.05) is 0 Å². The fourth-order valence-electron chi connectivity index (χ4n) is 2.29. The largest absolute Gasteiger partial charge is 0.446 e. The molecule has 0 spiro atoms. The SMILES string of the molecule is CC(C)(C)NC(=O)OC1CCC(CCC#N)CC1. The van der Waals surface area contributed by atoms with Crippen LogP contribution in [0.1, 0.15) is 59.3 Å². The quantitative estimate of drug-likeness (QED) is 0.837. The van der Waals surface area contributed by atoms with Gasteiger partial charge in [0.25, 0.3) is 0 Å². The summed E-state index contributed by atoms with van der Waals surface area (Å²) in [5.74, 6) is 0.634. The second kappa shape index (κ2) is 6.63. The van der Waals surface area contributed by atoms with Gasteiger partial charge in [-0.15, -0.1) is 0 Å². The molecule has 0 aliphatic heterocycles. The number of nitrogens with zero attached hydrogens (tertiary/aromatic N) is 1. The van der Waals surface area contributed by atoms with Crippen LogP contribution in [-0.4, -0.2) is 17.7 Å². The van der Waals surface area contributed by atoms with Crippen molar-refractivity contribution in [2.24, 2.45) is 5.92 Å². The van der Waals surface area contributed by atoms with Crippen LogP contribution in [0.5, 0.6) is 0 Å². The van der Waals surface area contributed by atoms with Crippen LogP contribution in [0, 0.1) is 17.2 Å². The predicted octanol–water partition coefficient (Wildman–Crippen LogP) is 3.37. The van der Waals surface area contributed by atoms with Crippen LogP contribution in [0.4, 0.5) is 4.79 Å². The van der Waals surface area contributed by atoms with Gasteiger partial charge in [0.05, 0.1) is 6.07 Å². The average molecular weight is 252 g/mol. The Morgan fingerprint density at radius 2 is 1.94 bits per heavy atom. The molecule has 0 aromatic heterocycles. The van der Waals surface area contributed by atoms with Gasteiger partial charge >= 0.3 is 6.09 Å². The monoisotopic (exact) mass is 252 g/mol. The molecule has 1 rings (SSSR count). The van der Waals surface area contributed by atoms with E-state index in [-0.39, 0.29) is 17.7 Å². The molecule has 1 amide bonds. The van der Waals surface area contributed by atoms with E-state index in [1.807, 2.05) is 20.8 Å². The van der Waals surface area contributed by atoms with Crippen molar-refractivity contribution < 1.29 is 9.53 Å². The lowest BCUT2D eigenvalue weighted by atomic mass is 9.85. The molecular formula is C14H24N2O2. The van der Waals surface area contributed by atoms with E-state index in [9.17, 15) is 4.79 Å². The first-order valence-electron chi connectivity index (χ1n) is 6.76. The second-order valence-electron chi connectivity index (χ2n) is 6.12. The Balaban J connectivity index is 2.23. The van der Waals surface area contributed by atoms with E-state index in [0.29, 0.717) is 12.3 Å². The van der Waals surface area contributed by atoms with Crippen molar-refractivity contribution in [2.45, 2.75) is 70.9 Å². The van der Waals surface area contributed by atoms with E-state index in [1.165, 1.54) is 0 Å². The first-order chi connectivity index (χ1) is 8.40. The van der Waals surface area contributed by atoms with Crippen molar-refractivity contribution in [3.8, 4) is 6.07 Å². The van der Waals surface area contributed by atoms with E-state index < -0.39 is 0 Å². The number of alkyl carbamates (subject to hydrolysis) is 1. The fraction of sp³-hybridized carbons (Fsp3) is 0.857. The number of hydrogen-bond donors (Lipinski definition) is 1. The third-order valence-electron chi connectivity index (χ3n) is 3.21. The van der Waals surface area contributed by atoms with Crippen LogP contribution in [-0.2, 0) is 4.74 Å². The molecule has 0 saturated heterocycles. The van der Waals surface area contributed by atoms with Crippen molar-refractivity contribution in [1.82, 2.24) is 5.32 Å². The van der Waals surface area contributed by atoms with Crippen LogP contribution in [0.3, 0.4) is 0 Å². The Labute approximate surface area is 110 Å². The van der Waals surface area contributed by atoms with Gasteiger partial charge in [-0.2, -0.15) is 5.26 Å². The average Bonchev–Trinajstić information content (AvgIpc) is 2.25. The zero-order chi connectivity index (χ0) is 13.6. The number of rotatable bonds is 3. The molecule has 4 heteroatoms. The molecule has 0 aromatic carbocycles. The van der Waals surface area contributed by atoms with E-state index in [2.05, 4.69) is 11.4 Å². The molecule has 0 atom stereocenters. The Kier molecular flexibility index (Phi) is 5.46. The van der Waals surface area contributed by atoms with Crippen LogP contribution in [0.2, 0.25) is 0 Å². The Morgan fingerprint density at radius 1 is 1.33 bits per heavy atom. The minimum Gasteiger partial charge on any atom is -0.446 e. The van der Waals surface area contributed by atoms with Gasteiger partial charge in [0, 0.05) is 12.0 Å². The molecule has 1 saturated carbocycles. The highest BCUT2D eigenvalue weighted by atomic mass is 16.6. The smallest absolute Gasteiger partial charge is 0.407 e. The summed E-state index contributed by atoms with van der Waals surface area (Å²) in [7, 11) is 0. The molecule has 0 aromatic rings. The lowest BCUT2D eigenvalue weighted by Gasteiger charge is -2.29. The molecule has 0 unspecified atom stereocenters. The topological polar surface area (TPSA) is 62.1 Å². The molecule has 0 radical (unpaired) electrons. The number of ether oxygens (including phenoxy) is 1. The lowest BCUT2D eigenvalue weighted by molar-refractivity contribution is 0.0590. The number of hydrogen-bond acceptors (Lipinski definition) is 3. The van der Waals surface area contributed by atoms with Crippen molar-refractivity contribution in [1.29, 1.82) is 5.26 Å². The Hall–Kier alpha value is -1.24. The molecule has 4 nitrogen and oxygen atoms in total. The number of nitrogens with one attached hydrogen (secondary N) is 1. The van der Waals surface area contributed by atoms with Crippen molar-refractivity contribution in [2.75, 3.05) is 0 Å². The summed E-state index contributed by atoms with van der Waals surface area (Å²) < 4.78 is 5.41. The molecule has 0 bridgehead atoms. The maximum absolute atomic E-state index is 11.6. The van der Waals surface area contributed by atoms with Crippen LogP contribution in [0.15, 0.2) is 0 Å². The highest BCUT2D eigenvalue weighted by Crippen LogP contribution is 2.29. The first-order valence-corrected chi connectivity index (χ1v) is 6.76. The van der Waals surface area contributed by atoms with Crippen LogP contribution < -0.4 is 5.32 Å². The Morgan fingerprint density at radius 3 is 2.44 bits per heavy atom. The number of carbonyl (C=O) groups excluding carboxylic acids is 1. The maximum Gasteiger partial charge on any atom is 0.407 e. The van der Waals surface area contributed by atoms with Gasteiger partial charge in [0.15, 0.2) is 0 Å². The van der Waals surface area contributed by atoms with Crippen LogP contribution in [0.25, 0.3) is 0 Å². The van der Waals surface area contributed by atoms with E-state index in [0.717, 1.165) is 32.1 Å². The fourth-order valence-corrected chi connectivity index (χ4v) is 2.29. The van der Waals surface area contributed by atoms with Crippen molar-refractivity contribution in [3.63, 3.8) is 0 Å². The third kappa shape index (κ3) is 5.90. The summed E-state index contributed by atoms with van der Waals surface area (Å²) in [4.78, 5) is 11.6. The molecule has 1 aliphatic carbocycles. The van der Waals surface area contributed by atoms with E-state index >= 15 is 0 Å². The molecule has 18 heavy (non-hydrogen) atoms. The van der Waals surface area contributed by atoms with Gasteiger partial charge in [-0.25, -0.2) is 4.79 Å². The van der Waals surface area contributed by atoms with Gasteiger partial charge in [0.2, 0.25) is 0 Å². The van der Waals surface area contributed by atoms with E-state index in [1.54, 1.807) is 0 Å². The molecule has 1 fully saturated rings. The summed E-state index contributed by atoms with van der Waals surface area (Å²) >= 11 is 0. The second-order valence-corrected chi connectivity index (χ2v) is 6.12. The highest BCUT2D eigenvalue weighted by Gasteiger charge is 2.24. The minimum absolute atomic E-state index is 0.0469. The summed E-state index contributed by atoms with van der Waals surface area (Å²) in [6.45, 7) is 5.81. The molecule has 102 valence electrons. The predicted molar refractivity (Wildman–Crippen MR) is 70.0 cm³/mol. The number of nitriles is 1.